The quantitative estimate of drug-likeness (QED) is 0.903. The fourth-order valence-corrected chi connectivity index (χ4v) is 2.52. The van der Waals surface area contributed by atoms with Crippen molar-refractivity contribution in [1.29, 1.82) is 0 Å². The molecule has 1 saturated heterocycles. The molecule has 0 saturated carbocycles. The number of hydrogen-bond acceptors (Lipinski definition) is 2. The Hall–Kier alpha value is -0.610. The number of ether oxygens (including phenoxy) is 1. The van der Waals surface area contributed by atoms with Gasteiger partial charge in [-0.2, -0.15) is 0 Å². The van der Waals surface area contributed by atoms with E-state index in [1.807, 2.05) is 6.07 Å². The van der Waals surface area contributed by atoms with Crippen LogP contribution in [-0.4, -0.2) is 20.2 Å². The van der Waals surface area contributed by atoms with E-state index < -0.39 is 0 Å². The van der Waals surface area contributed by atoms with E-state index in [2.05, 4.69) is 21.2 Å². The second-order valence-corrected chi connectivity index (χ2v) is 4.91. The topological polar surface area (TPSA) is 21.3 Å². The highest BCUT2D eigenvalue weighted by Gasteiger charge is 2.20. The summed E-state index contributed by atoms with van der Waals surface area (Å²) in [7, 11) is 1.59. The Morgan fingerprint density at radius 2 is 2.31 bits per heavy atom. The van der Waals surface area contributed by atoms with Gasteiger partial charge in [-0.25, -0.2) is 4.39 Å². The molecule has 0 aromatic heterocycles. The highest BCUT2D eigenvalue weighted by Crippen LogP contribution is 2.34. The molecule has 88 valence electrons. The maximum atomic E-state index is 13.4. The molecule has 1 heterocycles. The van der Waals surface area contributed by atoms with Crippen LogP contribution in [0.25, 0.3) is 0 Å². The first-order chi connectivity index (χ1) is 7.72. The molecule has 0 amide bonds. The molecule has 1 N–H and O–H groups in total. The number of rotatable bonds is 2. The molecular weight excluding hydrogens is 273 g/mol. The van der Waals surface area contributed by atoms with Gasteiger partial charge in [-0.05, 0) is 46.9 Å². The van der Waals surface area contributed by atoms with Crippen LogP contribution in [0, 0.1) is 5.82 Å². The van der Waals surface area contributed by atoms with E-state index in [1.54, 1.807) is 7.11 Å². The van der Waals surface area contributed by atoms with Crippen molar-refractivity contribution < 1.29 is 9.13 Å². The highest BCUT2D eigenvalue weighted by atomic mass is 79.9. The van der Waals surface area contributed by atoms with Crippen molar-refractivity contribution in [2.45, 2.75) is 18.8 Å². The van der Waals surface area contributed by atoms with Crippen molar-refractivity contribution >= 4 is 15.9 Å². The molecule has 1 fully saturated rings. The van der Waals surface area contributed by atoms with Crippen molar-refractivity contribution in [1.82, 2.24) is 5.32 Å². The number of benzene rings is 1. The zero-order valence-electron chi connectivity index (χ0n) is 9.22. The summed E-state index contributed by atoms with van der Waals surface area (Å²) >= 11 is 3.23. The molecule has 0 bridgehead atoms. The van der Waals surface area contributed by atoms with Crippen molar-refractivity contribution in [3.8, 4) is 5.75 Å². The zero-order chi connectivity index (χ0) is 11.5. The lowest BCUT2D eigenvalue weighted by atomic mass is 9.91. The molecule has 1 aliphatic heterocycles. The summed E-state index contributed by atoms with van der Waals surface area (Å²) in [5.74, 6) is 0.791. The van der Waals surface area contributed by atoms with Gasteiger partial charge in [0, 0.05) is 18.5 Å². The van der Waals surface area contributed by atoms with Crippen LogP contribution in [0.2, 0.25) is 0 Å². The Bertz CT molecular complexity index is 378. The number of nitrogens with one attached hydrogen (secondary N) is 1. The summed E-state index contributed by atoms with van der Waals surface area (Å²) in [4.78, 5) is 0. The van der Waals surface area contributed by atoms with Gasteiger partial charge >= 0.3 is 0 Å². The normalized spacial score (nSPS) is 20.8. The highest BCUT2D eigenvalue weighted by molar-refractivity contribution is 9.10. The second kappa shape index (κ2) is 5.15. The Labute approximate surface area is 103 Å². The van der Waals surface area contributed by atoms with Crippen LogP contribution in [0.5, 0.6) is 5.75 Å². The van der Waals surface area contributed by atoms with Crippen LogP contribution in [0.4, 0.5) is 4.39 Å². The van der Waals surface area contributed by atoms with Gasteiger partial charge in [-0.1, -0.05) is 0 Å². The van der Waals surface area contributed by atoms with Gasteiger partial charge in [-0.15, -0.1) is 0 Å². The standard InChI is InChI=1S/C12H15BrFNO/c1-16-12-6-11(14)10(13)5-9(12)8-3-2-4-15-7-8/h5-6,8,15H,2-4,7H2,1H3. The third-order valence-electron chi connectivity index (χ3n) is 3.01. The van der Waals surface area contributed by atoms with Crippen LogP contribution in [-0.2, 0) is 0 Å². The zero-order valence-corrected chi connectivity index (χ0v) is 10.8. The first-order valence-corrected chi connectivity index (χ1v) is 6.25. The summed E-state index contributed by atoms with van der Waals surface area (Å²) in [6.07, 6.45) is 2.28. The van der Waals surface area contributed by atoms with E-state index in [0.717, 1.165) is 31.5 Å². The average molecular weight is 288 g/mol. The fourth-order valence-electron chi connectivity index (χ4n) is 2.16. The lowest BCUT2D eigenvalue weighted by molar-refractivity contribution is 0.389. The molecule has 2 nitrogen and oxygen atoms in total. The molecule has 1 aromatic rings. The molecule has 1 aromatic carbocycles. The number of piperidine rings is 1. The molecule has 1 unspecified atom stereocenters. The molecule has 4 heteroatoms. The van der Waals surface area contributed by atoms with Gasteiger partial charge in [0.1, 0.15) is 11.6 Å². The minimum Gasteiger partial charge on any atom is -0.496 e. The fraction of sp³-hybridized carbons (Fsp3) is 0.500. The van der Waals surface area contributed by atoms with Crippen LogP contribution >= 0.6 is 15.9 Å². The van der Waals surface area contributed by atoms with E-state index >= 15 is 0 Å². The van der Waals surface area contributed by atoms with Crippen LogP contribution in [0.3, 0.4) is 0 Å². The third-order valence-corrected chi connectivity index (χ3v) is 3.62. The van der Waals surface area contributed by atoms with Gasteiger partial charge < -0.3 is 10.1 Å². The summed E-state index contributed by atoms with van der Waals surface area (Å²) < 4.78 is 19.1. The van der Waals surface area contributed by atoms with Crippen molar-refractivity contribution in [3.63, 3.8) is 0 Å². The lowest BCUT2D eigenvalue weighted by Gasteiger charge is -2.25. The van der Waals surface area contributed by atoms with Crippen LogP contribution in [0.1, 0.15) is 24.3 Å². The van der Waals surface area contributed by atoms with Gasteiger partial charge in [0.15, 0.2) is 0 Å². The van der Waals surface area contributed by atoms with Gasteiger partial charge in [0.25, 0.3) is 0 Å². The monoisotopic (exact) mass is 287 g/mol. The van der Waals surface area contributed by atoms with E-state index in [-0.39, 0.29) is 5.82 Å². The van der Waals surface area contributed by atoms with Crippen LogP contribution in [0.15, 0.2) is 16.6 Å². The summed E-state index contributed by atoms with van der Waals surface area (Å²) in [5.41, 5.74) is 1.09. The maximum Gasteiger partial charge on any atom is 0.141 e. The second-order valence-electron chi connectivity index (χ2n) is 4.05. The van der Waals surface area contributed by atoms with E-state index in [4.69, 9.17) is 4.74 Å². The Kier molecular flexibility index (Phi) is 3.82. The Morgan fingerprint density at radius 3 is 2.94 bits per heavy atom. The molecule has 0 radical (unpaired) electrons. The van der Waals surface area contributed by atoms with Gasteiger partial charge in [0.05, 0.1) is 11.6 Å². The first kappa shape index (κ1) is 11.9. The van der Waals surface area contributed by atoms with E-state index in [9.17, 15) is 4.39 Å². The lowest BCUT2D eigenvalue weighted by Crippen LogP contribution is -2.28. The molecule has 0 spiro atoms. The number of hydrogen-bond donors (Lipinski definition) is 1. The molecule has 2 rings (SSSR count). The first-order valence-electron chi connectivity index (χ1n) is 5.46. The number of methoxy groups -OCH3 is 1. The minimum atomic E-state index is -0.274. The van der Waals surface area contributed by atoms with Crippen molar-refractivity contribution in [3.05, 3.63) is 28.0 Å². The molecule has 1 aliphatic rings. The largest absolute Gasteiger partial charge is 0.496 e. The van der Waals surface area contributed by atoms with Gasteiger partial charge in [-0.3, -0.25) is 0 Å². The molecule has 1 atom stereocenters. The molecular formula is C12H15BrFNO. The van der Waals surface area contributed by atoms with E-state index in [1.165, 1.54) is 6.07 Å². The summed E-state index contributed by atoms with van der Waals surface area (Å²) in [6, 6.07) is 3.29. The summed E-state index contributed by atoms with van der Waals surface area (Å²) in [5, 5.41) is 3.35. The number of halogens is 2. The van der Waals surface area contributed by atoms with Gasteiger partial charge in [0.2, 0.25) is 0 Å². The smallest absolute Gasteiger partial charge is 0.141 e. The molecule has 0 aliphatic carbocycles. The van der Waals surface area contributed by atoms with Crippen LogP contribution < -0.4 is 10.1 Å². The predicted molar refractivity (Wildman–Crippen MR) is 65.5 cm³/mol. The minimum absolute atomic E-state index is 0.274. The average Bonchev–Trinajstić information content (AvgIpc) is 2.33. The maximum absolute atomic E-state index is 13.4. The Balaban J connectivity index is 2.33. The predicted octanol–water partition coefficient (Wildman–Crippen LogP) is 3.06. The SMILES string of the molecule is COc1cc(F)c(Br)cc1C1CCCNC1. The third kappa shape index (κ3) is 2.38. The van der Waals surface area contributed by atoms with Crippen molar-refractivity contribution in [2.24, 2.45) is 0 Å². The molecule has 16 heavy (non-hydrogen) atoms. The summed E-state index contributed by atoms with van der Waals surface area (Å²) in [6.45, 7) is 2.01. The Morgan fingerprint density at radius 1 is 1.50 bits per heavy atom. The van der Waals surface area contributed by atoms with Crippen molar-refractivity contribution in [2.75, 3.05) is 20.2 Å². The van der Waals surface area contributed by atoms with E-state index in [0.29, 0.717) is 16.1 Å².